The Morgan fingerprint density at radius 1 is 1.12 bits per heavy atom. The van der Waals surface area contributed by atoms with E-state index in [9.17, 15) is 14.9 Å². The topological polar surface area (TPSA) is 97.0 Å². The second kappa shape index (κ2) is 9.59. The number of carbonyl (C=O) groups is 1. The van der Waals surface area contributed by atoms with Crippen molar-refractivity contribution in [2.24, 2.45) is 0 Å². The highest BCUT2D eigenvalue weighted by Crippen LogP contribution is 2.27. The fourth-order valence-electron chi connectivity index (χ4n) is 3.30. The van der Waals surface area contributed by atoms with E-state index in [1.165, 1.54) is 4.57 Å². The first-order valence-electron chi connectivity index (χ1n) is 10.1. The van der Waals surface area contributed by atoms with Crippen molar-refractivity contribution in [3.8, 4) is 17.5 Å². The van der Waals surface area contributed by atoms with Crippen LogP contribution in [-0.2, 0) is 4.79 Å². The zero-order valence-corrected chi connectivity index (χ0v) is 18.8. The van der Waals surface area contributed by atoms with Gasteiger partial charge in [0.1, 0.15) is 11.8 Å². The van der Waals surface area contributed by atoms with E-state index in [2.05, 4.69) is 16.4 Å². The second-order valence-corrected chi connectivity index (χ2v) is 8.47. The quantitative estimate of drug-likeness (QED) is 0.342. The molecule has 0 bridgehead atoms. The number of anilines is 1. The van der Waals surface area contributed by atoms with Gasteiger partial charge in [0.25, 0.3) is 5.56 Å². The molecule has 0 spiro atoms. The number of methoxy groups -OCH3 is 1. The van der Waals surface area contributed by atoms with Crippen LogP contribution in [0.4, 0.5) is 5.69 Å². The SMILES string of the molecule is COc1cccc(-n2c(SC(C)C(=O)Nc3ccccc3C#N)nc3ccccc3c2=O)c1. The van der Waals surface area contributed by atoms with Crippen LogP contribution in [0.3, 0.4) is 0 Å². The van der Waals surface area contributed by atoms with Gasteiger partial charge in [-0.15, -0.1) is 0 Å². The molecule has 164 valence electrons. The molecule has 0 saturated heterocycles. The summed E-state index contributed by atoms with van der Waals surface area (Å²) in [6.45, 7) is 1.73. The molecule has 33 heavy (non-hydrogen) atoms. The van der Waals surface area contributed by atoms with Crippen LogP contribution in [0.5, 0.6) is 5.75 Å². The lowest BCUT2D eigenvalue weighted by molar-refractivity contribution is -0.115. The van der Waals surface area contributed by atoms with E-state index in [1.807, 2.05) is 6.07 Å². The van der Waals surface area contributed by atoms with E-state index >= 15 is 0 Å². The predicted octanol–water partition coefficient (Wildman–Crippen LogP) is 4.39. The molecule has 4 rings (SSSR count). The molecule has 8 heteroatoms. The van der Waals surface area contributed by atoms with Crippen molar-refractivity contribution in [3.05, 3.63) is 88.7 Å². The molecule has 3 aromatic carbocycles. The molecule has 1 atom stereocenters. The number of hydrogen-bond acceptors (Lipinski definition) is 6. The molecule has 1 aromatic heterocycles. The zero-order chi connectivity index (χ0) is 23.4. The van der Waals surface area contributed by atoms with Crippen LogP contribution in [-0.4, -0.2) is 27.8 Å². The molecule has 0 saturated carbocycles. The van der Waals surface area contributed by atoms with Crippen molar-refractivity contribution in [1.29, 1.82) is 5.26 Å². The van der Waals surface area contributed by atoms with Crippen LogP contribution in [0, 0.1) is 11.3 Å². The highest BCUT2D eigenvalue weighted by molar-refractivity contribution is 8.00. The monoisotopic (exact) mass is 456 g/mol. The first kappa shape index (κ1) is 22.1. The van der Waals surface area contributed by atoms with Crippen LogP contribution >= 0.6 is 11.8 Å². The van der Waals surface area contributed by atoms with Gasteiger partial charge in [-0.25, -0.2) is 4.98 Å². The normalized spacial score (nSPS) is 11.5. The van der Waals surface area contributed by atoms with Gasteiger partial charge >= 0.3 is 0 Å². The summed E-state index contributed by atoms with van der Waals surface area (Å²) in [4.78, 5) is 31.0. The Balaban J connectivity index is 1.74. The lowest BCUT2D eigenvalue weighted by atomic mass is 10.2. The van der Waals surface area contributed by atoms with E-state index in [0.29, 0.717) is 38.7 Å². The van der Waals surface area contributed by atoms with Gasteiger partial charge < -0.3 is 10.1 Å². The van der Waals surface area contributed by atoms with Crippen molar-refractivity contribution in [2.45, 2.75) is 17.3 Å². The van der Waals surface area contributed by atoms with E-state index in [1.54, 1.807) is 80.8 Å². The summed E-state index contributed by atoms with van der Waals surface area (Å²) in [6, 6.07) is 23.1. The Hall–Kier alpha value is -4.09. The Morgan fingerprint density at radius 3 is 2.67 bits per heavy atom. The third-order valence-corrected chi connectivity index (χ3v) is 6.07. The van der Waals surface area contributed by atoms with Crippen LogP contribution < -0.4 is 15.6 Å². The number of nitriles is 1. The van der Waals surface area contributed by atoms with E-state index in [4.69, 9.17) is 4.74 Å². The van der Waals surface area contributed by atoms with Crippen LogP contribution in [0.2, 0.25) is 0 Å². The Kier molecular flexibility index (Phi) is 6.43. The molecule has 0 aliphatic rings. The summed E-state index contributed by atoms with van der Waals surface area (Å²) < 4.78 is 6.81. The number of hydrogen-bond donors (Lipinski definition) is 1. The smallest absolute Gasteiger partial charge is 0.266 e. The maximum Gasteiger partial charge on any atom is 0.266 e. The summed E-state index contributed by atoms with van der Waals surface area (Å²) in [5, 5.41) is 12.3. The Bertz CT molecular complexity index is 1440. The summed E-state index contributed by atoms with van der Waals surface area (Å²) in [5.74, 6) is 0.296. The van der Waals surface area contributed by atoms with Crippen LogP contribution in [0.25, 0.3) is 16.6 Å². The Labute approximate surface area is 194 Å². The van der Waals surface area contributed by atoms with Gasteiger partial charge in [0.2, 0.25) is 5.91 Å². The van der Waals surface area contributed by atoms with Gasteiger partial charge in [-0.2, -0.15) is 5.26 Å². The number of thioether (sulfide) groups is 1. The first-order chi connectivity index (χ1) is 16.0. The maximum absolute atomic E-state index is 13.4. The average Bonchev–Trinajstić information content (AvgIpc) is 2.84. The van der Waals surface area contributed by atoms with E-state index in [-0.39, 0.29) is 11.5 Å². The number of ether oxygens (including phenoxy) is 1. The van der Waals surface area contributed by atoms with Crippen LogP contribution in [0.1, 0.15) is 12.5 Å². The minimum atomic E-state index is -0.596. The number of carbonyl (C=O) groups excluding carboxylic acids is 1. The number of benzene rings is 3. The van der Waals surface area contributed by atoms with Gasteiger partial charge in [0.15, 0.2) is 5.16 Å². The van der Waals surface area contributed by atoms with Gasteiger partial charge in [0, 0.05) is 6.07 Å². The molecule has 1 N–H and O–H groups in total. The lowest BCUT2D eigenvalue weighted by Gasteiger charge is -2.17. The van der Waals surface area contributed by atoms with Gasteiger partial charge in [0.05, 0.1) is 40.2 Å². The fraction of sp³-hybridized carbons (Fsp3) is 0.120. The molecular formula is C25H20N4O3S. The molecule has 1 heterocycles. The first-order valence-corrected chi connectivity index (χ1v) is 11.0. The van der Waals surface area contributed by atoms with Crippen molar-refractivity contribution in [3.63, 3.8) is 0 Å². The summed E-state index contributed by atoms with van der Waals surface area (Å²) in [6.07, 6.45) is 0. The van der Waals surface area contributed by atoms with E-state index in [0.717, 1.165) is 11.8 Å². The highest BCUT2D eigenvalue weighted by Gasteiger charge is 2.21. The number of amides is 1. The molecule has 0 radical (unpaired) electrons. The minimum Gasteiger partial charge on any atom is -0.497 e. The Morgan fingerprint density at radius 2 is 1.88 bits per heavy atom. The highest BCUT2D eigenvalue weighted by atomic mass is 32.2. The van der Waals surface area contributed by atoms with Gasteiger partial charge in [-0.1, -0.05) is 42.1 Å². The summed E-state index contributed by atoms with van der Waals surface area (Å²) in [7, 11) is 1.56. The van der Waals surface area contributed by atoms with Crippen LogP contribution in [0.15, 0.2) is 82.7 Å². The van der Waals surface area contributed by atoms with Crippen molar-refractivity contribution in [1.82, 2.24) is 9.55 Å². The number of rotatable bonds is 6. The van der Waals surface area contributed by atoms with Gasteiger partial charge in [-0.3, -0.25) is 14.2 Å². The number of fused-ring (bicyclic) bond motifs is 1. The third-order valence-electron chi connectivity index (χ3n) is 5.01. The van der Waals surface area contributed by atoms with Crippen molar-refractivity contribution < 1.29 is 9.53 Å². The molecule has 1 unspecified atom stereocenters. The zero-order valence-electron chi connectivity index (χ0n) is 18.0. The number of aromatic nitrogens is 2. The molecular weight excluding hydrogens is 436 g/mol. The summed E-state index contributed by atoms with van der Waals surface area (Å²) in [5.41, 5.74) is 1.71. The largest absolute Gasteiger partial charge is 0.497 e. The predicted molar refractivity (Wildman–Crippen MR) is 129 cm³/mol. The number of para-hydroxylation sites is 2. The molecule has 1 amide bonds. The molecule has 4 aromatic rings. The maximum atomic E-state index is 13.4. The molecule has 0 fully saturated rings. The number of nitrogens with one attached hydrogen (secondary N) is 1. The standard InChI is InChI=1S/C25H20N4O3S/c1-16(23(30)27-21-12-5-3-8-17(21)15-26)33-25-28-22-13-6-4-11-20(22)24(31)29(25)18-9-7-10-19(14-18)32-2/h3-14,16H,1-2H3,(H,27,30). The molecule has 0 aliphatic heterocycles. The second-order valence-electron chi connectivity index (χ2n) is 7.16. The molecule has 7 nitrogen and oxygen atoms in total. The van der Waals surface area contributed by atoms with Gasteiger partial charge in [-0.05, 0) is 43.3 Å². The average molecular weight is 457 g/mol. The number of nitrogens with zero attached hydrogens (tertiary/aromatic N) is 3. The summed E-state index contributed by atoms with van der Waals surface area (Å²) >= 11 is 1.16. The van der Waals surface area contributed by atoms with Crippen molar-refractivity contribution >= 4 is 34.3 Å². The van der Waals surface area contributed by atoms with E-state index < -0.39 is 5.25 Å². The fourth-order valence-corrected chi connectivity index (χ4v) is 4.23. The minimum absolute atomic E-state index is 0.237. The van der Waals surface area contributed by atoms with Crippen molar-refractivity contribution in [2.75, 3.05) is 12.4 Å². The lowest BCUT2D eigenvalue weighted by Crippen LogP contribution is -2.26. The molecule has 0 aliphatic carbocycles. The third kappa shape index (κ3) is 4.59.